The maximum absolute atomic E-state index is 12.1. The van der Waals surface area contributed by atoms with E-state index in [1.54, 1.807) is 6.92 Å². The van der Waals surface area contributed by atoms with Gasteiger partial charge in [0.05, 0.1) is 6.54 Å². The number of rotatable bonds is 4. The van der Waals surface area contributed by atoms with Crippen molar-refractivity contribution in [2.24, 2.45) is 0 Å². The van der Waals surface area contributed by atoms with Gasteiger partial charge in [-0.2, -0.15) is 0 Å². The number of likely N-dealkylation sites (tertiary alicyclic amines) is 1. The summed E-state index contributed by atoms with van der Waals surface area (Å²) in [7, 11) is 0. The van der Waals surface area contributed by atoms with Crippen molar-refractivity contribution >= 4 is 11.8 Å². The molecule has 108 valence electrons. The number of carbonyl (C=O) groups excluding carboxylic acids is 2. The summed E-state index contributed by atoms with van der Waals surface area (Å²) in [4.78, 5) is 27.9. The molecule has 0 aromatic carbocycles. The fourth-order valence-corrected chi connectivity index (χ4v) is 2.63. The van der Waals surface area contributed by atoms with Crippen LogP contribution in [0.5, 0.6) is 0 Å². The van der Waals surface area contributed by atoms with Gasteiger partial charge in [0.15, 0.2) is 0 Å². The van der Waals surface area contributed by atoms with E-state index < -0.39 is 6.04 Å². The van der Waals surface area contributed by atoms with Crippen LogP contribution < -0.4 is 10.6 Å². The summed E-state index contributed by atoms with van der Waals surface area (Å²) in [5, 5.41) is 6.06. The summed E-state index contributed by atoms with van der Waals surface area (Å²) in [5.41, 5.74) is 0. The molecule has 0 saturated carbocycles. The fourth-order valence-electron chi connectivity index (χ4n) is 2.63. The van der Waals surface area contributed by atoms with Gasteiger partial charge in [-0.1, -0.05) is 0 Å². The van der Waals surface area contributed by atoms with E-state index in [1.165, 1.54) is 0 Å². The predicted octanol–water partition coefficient (Wildman–Crippen LogP) is -0.981. The van der Waals surface area contributed by atoms with Crippen LogP contribution in [0.15, 0.2) is 0 Å². The number of hydrogen-bond donors (Lipinski definition) is 2. The van der Waals surface area contributed by atoms with Crippen LogP contribution >= 0.6 is 0 Å². The lowest BCUT2D eigenvalue weighted by Gasteiger charge is -2.27. The first-order chi connectivity index (χ1) is 9.16. The van der Waals surface area contributed by atoms with E-state index in [1.807, 2.05) is 4.90 Å². The van der Waals surface area contributed by atoms with E-state index in [-0.39, 0.29) is 11.8 Å². The van der Waals surface area contributed by atoms with Crippen LogP contribution in [0.4, 0.5) is 0 Å². The van der Waals surface area contributed by atoms with Crippen LogP contribution in [0.2, 0.25) is 0 Å². The molecule has 6 nitrogen and oxygen atoms in total. The zero-order chi connectivity index (χ0) is 13.7. The van der Waals surface area contributed by atoms with Crippen LogP contribution in [-0.2, 0) is 9.59 Å². The Morgan fingerprint density at radius 1 is 1.16 bits per heavy atom. The first-order valence-electron chi connectivity index (χ1n) is 7.18. The third-order valence-electron chi connectivity index (χ3n) is 3.74. The molecule has 2 N–H and O–H groups in total. The van der Waals surface area contributed by atoms with Crippen molar-refractivity contribution in [1.29, 1.82) is 0 Å². The number of nitrogens with zero attached hydrogens (tertiary/aromatic N) is 2. The van der Waals surface area contributed by atoms with Gasteiger partial charge < -0.3 is 15.5 Å². The van der Waals surface area contributed by atoms with Gasteiger partial charge in [-0.15, -0.1) is 0 Å². The Kier molecular flexibility index (Phi) is 5.15. The van der Waals surface area contributed by atoms with Gasteiger partial charge in [0, 0.05) is 39.3 Å². The van der Waals surface area contributed by atoms with Gasteiger partial charge in [0.25, 0.3) is 0 Å². The van der Waals surface area contributed by atoms with Crippen molar-refractivity contribution in [2.75, 3.05) is 45.8 Å². The second-order valence-corrected chi connectivity index (χ2v) is 5.35. The highest BCUT2D eigenvalue weighted by Crippen LogP contribution is 2.08. The smallest absolute Gasteiger partial charge is 0.244 e. The highest BCUT2D eigenvalue weighted by Gasteiger charge is 2.24. The summed E-state index contributed by atoms with van der Waals surface area (Å²) in [6.07, 6.45) is 2.15. The highest BCUT2D eigenvalue weighted by atomic mass is 16.2. The van der Waals surface area contributed by atoms with Gasteiger partial charge in [-0.05, 0) is 19.8 Å². The second kappa shape index (κ2) is 6.86. The zero-order valence-corrected chi connectivity index (χ0v) is 11.7. The molecule has 6 heteroatoms. The zero-order valence-electron chi connectivity index (χ0n) is 11.7. The lowest BCUT2D eigenvalue weighted by Crippen LogP contribution is -2.51. The average Bonchev–Trinajstić information content (AvgIpc) is 2.92. The minimum atomic E-state index is -0.409. The summed E-state index contributed by atoms with van der Waals surface area (Å²) in [6.45, 7) is 7.46. The summed E-state index contributed by atoms with van der Waals surface area (Å²) in [6, 6.07) is -0.409. The van der Waals surface area contributed by atoms with Crippen LogP contribution in [0.1, 0.15) is 19.8 Å². The quantitative estimate of drug-likeness (QED) is 0.688. The molecule has 2 aliphatic heterocycles. The molecule has 2 fully saturated rings. The number of piperazine rings is 1. The van der Waals surface area contributed by atoms with Crippen LogP contribution in [0.25, 0.3) is 0 Å². The topological polar surface area (TPSA) is 64.7 Å². The van der Waals surface area contributed by atoms with E-state index in [0.717, 1.165) is 52.1 Å². The molecule has 0 radical (unpaired) electrons. The molecule has 2 heterocycles. The van der Waals surface area contributed by atoms with Crippen LogP contribution in [0.3, 0.4) is 0 Å². The Balaban J connectivity index is 1.72. The summed E-state index contributed by atoms with van der Waals surface area (Å²) < 4.78 is 0. The Bertz CT molecular complexity index is 323. The molecule has 0 spiro atoms. The Morgan fingerprint density at radius 2 is 1.79 bits per heavy atom. The number of carbonyl (C=O) groups is 2. The van der Waals surface area contributed by atoms with Gasteiger partial charge >= 0.3 is 0 Å². The van der Waals surface area contributed by atoms with E-state index in [4.69, 9.17) is 0 Å². The molecule has 0 aromatic heterocycles. The molecule has 2 amide bonds. The van der Waals surface area contributed by atoms with Crippen molar-refractivity contribution in [3.8, 4) is 0 Å². The van der Waals surface area contributed by atoms with E-state index in [9.17, 15) is 9.59 Å². The first kappa shape index (κ1) is 14.3. The van der Waals surface area contributed by atoms with Crippen LogP contribution in [0, 0.1) is 0 Å². The van der Waals surface area contributed by atoms with Crippen molar-refractivity contribution < 1.29 is 9.59 Å². The van der Waals surface area contributed by atoms with Gasteiger partial charge in [-0.3, -0.25) is 14.5 Å². The Labute approximate surface area is 114 Å². The second-order valence-electron chi connectivity index (χ2n) is 5.35. The van der Waals surface area contributed by atoms with Crippen LogP contribution in [-0.4, -0.2) is 73.5 Å². The van der Waals surface area contributed by atoms with E-state index >= 15 is 0 Å². The van der Waals surface area contributed by atoms with Gasteiger partial charge in [0.1, 0.15) is 6.04 Å². The normalized spacial score (nSPS) is 22.3. The lowest BCUT2D eigenvalue weighted by atomic mass is 10.2. The minimum Gasteiger partial charge on any atom is -0.343 e. The monoisotopic (exact) mass is 268 g/mol. The standard InChI is InChI=1S/C13H24N4O2/c1-11(13(19)17-6-2-3-7-17)15-12(18)10-16-8-4-14-5-9-16/h11,14H,2-10H2,1H3,(H,15,18). The molecule has 2 rings (SSSR count). The van der Waals surface area contributed by atoms with E-state index in [0.29, 0.717) is 6.54 Å². The molecule has 0 bridgehead atoms. The van der Waals surface area contributed by atoms with Crippen molar-refractivity contribution in [3.63, 3.8) is 0 Å². The number of nitrogens with one attached hydrogen (secondary N) is 2. The number of hydrogen-bond acceptors (Lipinski definition) is 4. The van der Waals surface area contributed by atoms with Crippen molar-refractivity contribution in [2.45, 2.75) is 25.8 Å². The average molecular weight is 268 g/mol. The van der Waals surface area contributed by atoms with E-state index in [2.05, 4.69) is 15.5 Å². The van der Waals surface area contributed by atoms with Crippen molar-refractivity contribution in [1.82, 2.24) is 20.4 Å². The molecular formula is C13H24N4O2. The SMILES string of the molecule is CC(NC(=O)CN1CCNCC1)C(=O)N1CCCC1. The molecule has 19 heavy (non-hydrogen) atoms. The molecule has 0 aromatic rings. The molecule has 1 unspecified atom stereocenters. The van der Waals surface area contributed by atoms with Gasteiger partial charge in [0.2, 0.25) is 11.8 Å². The summed E-state index contributed by atoms with van der Waals surface area (Å²) in [5.74, 6) is -0.00638. The number of amides is 2. The minimum absolute atomic E-state index is 0.0474. The maximum Gasteiger partial charge on any atom is 0.244 e. The fraction of sp³-hybridized carbons (Fsp3) is 0.846. The third-order valence-corrected chi connectivity index (χ3v) is 3.74. The molecular weight excluding hydrogens is 244 g/mol. The third kappa shape index (κ3) is 4.18. The summed E-state index contributed by atoms with van der Waals surface area (Å²) >= 11 is 0. The molecule has 2 aliphatic rings. The van der Waals surface area contributed by atoms with Gasteiger partial charge in [-0.25, -0.2) is 0 Å². The maximum atomic E-state index is 12.1. The molecule has 1 atom stereocenters. The lowest BCUT2D eigenvalue weighted by molar-refractivity contribution is -0.135. The highest BCUT2D eigenvalue weighted by molar-refractivity contribution is 5.88. The van der Waals surface area contributed by atoms with Crippen molar-refractivity contribution in [3.05, 3.63) is 0 Å². The Hall–Kier alpha value is -1.14. The molecule has 0 aliphatic carbocycles. The Morgan fingerprint density at radius 3 is 2.42 bits per heavy atom. The molecule has 2 saturated heterocycles. The largest absolute Gasteiger partial charge is 0.343 e. The predicted molar refractivity (Wildman–Crippen MR) is 72.7 cm³/mol. The first-order valence-corrected chi connectivity index (χ1v) is 7.18.